The summed E-state index contributed by atoms with van der Waals surface area (Å²) in [6, 6.07) is 9.99. The number of nitrogens with two attached hydrogens (primary N) is 1. The second kappa shape index (κ2) is 4.98. The van der Waals surface area contributed by atoms with Gasteiger partial charge in [-0.05, 0) is 41.4 Å². The van der Waals surface area contributed by atoms with Gasteiger partial charge in [-0.25, -0.2) is 4.98 Å². The van der Waals surface area contributed by atoms with Crippen LogP contribution in [0.15, 0.2) is 47.0 Å². The van der Waals surface area contributed by atoms with Crippen LogP contribution in [0.4, 0.5) is 0 Å². The van der Waals surface area contributed by atoms with E-state index >= 15 is 0 Å². The lowest BCUT2D eigenvalue weighted by atomic mass is 10.1. The molecule has 3 heteroatoms. The van der Waals surface area contributed by atoms with Gasteiger partial charge < -0.3 is 5.73 Å². The number of nitrogens with zero attached hydrogens (tertiary/aromatic N) is 1. The lowest BCUT2D eigenvalue weighted by Gasteiger charge is -2.13. The van der Waals surface area contributed by atoms with Gasteiger partial charge in [0.2, 0.25) is 0 Å². The van der Waals surface area contributed by atoms with Crippen LogP contribution in [0, 0.1) is 0 Å². The van der Waals surface area contributed by atoms with E-state index in [1.807, 2.05) is 31.2 Å². The number of halogens is 1. The molecule has 1 aromatic heterocycles. The average molecular weight is 291 g/mol. The Morgan fingerprint density at radius 3 is 2.88 bits per heavy atom. The van der Waals surface area contributed by atoms with E-state index in [4.69, 9.17) is 5.73 Å². The number of hydrogen-bond acceptors (Lipinski definition) is 2. The molecule has 88 valence electrons. The van der Waals surface area contributed by atoms with Gasteiger partial charge in [-0.1, -0.05) is 23.8 Å². The molecule has 0 aliphatic carbocycles. The molecule has 2 N–H and O–H groups in total. The highest BCUT2D eigenvalue weighted by atomic mass is 79.9. The van der Waals surface area contributed by atoms with Gasteiger partial charge in [-0.2, -0.15) is 0 Å². The van der Waals surface area contributed by atoms with E-state index in [0.717, 1.165) is 33.1 Å². The van der Waals surface area contributed by atoms with Gasteiger partial charge in [0.15, 0.2) is 0 Å². The number of rotatable bonds is 3. The van der Waals surface area contributed by atoms with Crippen LogP contribution >= 0.6 is 15.9 Å². The standard InChI is InChI=1S/C14H15BrN2/c1-9(2)7-12(16)14-11(15)8-10-5-3-4-6-13(10)17-14/h3-6,8,12H,1,7,16H2,2H3. The van der Waals surface area contributed by atoms with Gasteiger partial charge in [0, 0.05) is 9.86 Å². The molecule has 2 aromatic rings. The van der Waals surface area contributed by atoms with E-state index in [1.165, 1.54) is 0 Å². The molecule has 0 saturated heterocycles. The van der Waals surface area contributed by atoms with Crippen LogP contribution in [0.25, 0.3) is 10.9 Å². The number of pyridine rings is 1. The molecule has 1 aromatic carbocycles. The van der Waals surface area contributed by atoms with Gasteiger partial charge in [0.25, 0.3) is 0 Å². The first kappa shape index (κ1) is 12.3. The van der Waals surface area contributed by atoms with Crippen LogP contribution in [0.5, 0.6) is 0 Å². The summed E-state index contributed by atoms with van der Waals surface area (Å²) in [4.78, 5) is 4.61. The molecule has 1 unspecified atom stereocenters. The predicted octanol–water partition coefficient (Wildman–Crippen LogP) is 3.96. The second-order valence-corrected chi connectivity index (χ2v) is 5.17. The minimum absolute atomic E-state index is 0.105. The van der Waals surface area contributed by atoms with E-state index in [9.17, 15) is 0 Å². The lowest BCUT2D eigenvalue weighted by molar-refractivity contribution is 0.692. The average Bonchev–Trinajstić information content (AvgIpc) is 2.27. The highest BCUT2D eigenvalue weighted by Crippen LogP contribution is 2.27. The van der Waals surface area contributed by atoms with E-state index in [2.05, 4.69) is 33.6 Å². The summed E-state index contributed by atoms with van der Waals surface area (Å²) in [5.74, 6) is 0. The van der Waals surface area contributed by atoms with Crippen molar-refractivity contribution in [3.05, 3.63) is 52.7 Å². The molecule has 2 rings (SSSR count). The van der Waals surface area contributed by atoms with E-state index in [0.29, 0.717) is 0 Å². The fraction of sp³-hybridized carbons (Fsp3) is 0.214. The summed E-state index contributed by atoms with van der Waals surface area (Å²) < 4.78 is 0.963. The Bertz CT molecular complexity index is 563. The number of benzene rings is 1. The van der Waals surface area contributed by atoms with Gasteiger partial charge in [0.1, 0.15) is 0 Å². The number of hydrogen-bond donors (Lipinski definition) is 1. The molecule has 0 aliphatic rings. The maximum Gasteiger partial charge on any atom is 0.0723 e. The summed E-state index contributed by atoms with van der Waals surface area (Å²) in [5, 5.41) is 1.12. The van der Waals surface area contributed by atoms with Gasteiger partial charge in [-0.15, -0.1) is 6.58 Å². The van der Waals surface area contributed by atoms with Crippen LogP contribution in [0.1, 0.15) is 25.1 Å². The van der Waals surface area contributed by atoms with E-state index in [-0.39, 0.29) is 6.04 Å². The maximum atomic E-state index is 6.13. The molecular formula is C14H15BrN2. The smallest absolute Gasteiger partial charge is 0.0723 e. The predicted molar refractivity (Wildman–Crippen MR) is 75.8 cm³/mol. The lowest BCUT2D eigenvalue weighted by Crippen LogP contribution is -2.13. The first-order chi connectivity index (χ1) is 8.08. The number of aromatic nitrogens is 1. The third-order valence-electron chi connectivity index (χ3n) is 2.62. The minimum Gasteiger partial charge on any atom is -0.322 e. The Hall–Kier alpha value is -1.19. The summed E-state index contributed by atoms with van der Waals surface area (Å²) in [7, 11) is 0. The van der Waals surface area contributed by atoms with Crippen molar-refractivity contribution >= 4 is 26.8 Å². The third kappa shape index (κ3) is 2.73. The largest absolute Gasteiger partial charge is 0.322 e. The molecular weight excluding hydrogens is 276 g/mol. The van der Waals surface area contributed by atoms with Gasteiger partial charge >= 0.3 is 0 Å². The highest BCUT2D eigenvalue weighted by Gasteiger charge is 2.12. The molecule has 1 atom stereocenters. The van der Waals surface area contributed by atoms with Crippen LogP contribution in [-0.2, 0) is 0 Å². The van der Waals surface area contributed by atoms with Crippen LogP contribution in [-0.4, -0.2) is 4.98 Å². The summed E-state index contributed by atoms with van der Waals surface area (Å²) in [5.41, 5.74) is 9.07. The zero-order valence-electron chi connectivity index (χ0n) is 9.78. The monoisotopic (exact) mass is 290 g/mol. The van der Waals surface area contributed by atoms with Crippen molar-refractivity contribution < 1.29 is 0 Å². The fourth-order valence-electron chi connectivity index (χ4n) is 1.84. The molecule has 0 saturated carbocycles. The molecule has 2 nitrogen and oxygen atoms in total. The fourth-order valence-corrected chi connectivity index (χ4v) is 2.47. The van der Waals surface area contributed by atoms with Gasteiger partial charge in [0.05, 0.1) is 17.3 Å². The van der Waals surface area contributed by atoms with Crippen LogP contribution in [0.3, 0.4) is 0 Å². The molecule has 1 heterocycles. The summed E-state index contributed by atoms with van der Waals surface area (Å²) >= 11 is 3.54. The molecule has 0 spiro atoms. The Balaban J connectivity index is 2.46. The van der Waals surface area contributed by atoms with Gasteiger partial charge in [-0.3, -0.25) is 0 Å². The molecule has 17 heavy (non-hydrogen) atoms. The summed E-state index contributed by atoms with van der Waals surface area (Å²) in [6.07, 6.45) is 0.754. The maximum absolute atomic E-state index is 6.13. The summed E-state index contributed by atoms with van der Waals surface area (Å²) in [6.45, 7) is 5.87. The van der Waals surface area contributed by atoms with Crippen LogP contribution in [0.2, 0.25) is 0 Å². The minimum atomic E-state index is -0.105. The molecule has 0 bridgehead atoms. The van der Waals surface area contributed by atoms with Crippen molar-refractivity contribution in [3.63, 3.8) is 0 Å². The molecule has 0 amide bonds. The van der Waals surface area contributed by atoms with E-state index in [1.54, 1.807) is 0 Å². The highest BCUT2D eigenvalue weighted by molar-refractivity contribution is 9.10. The molecule has 0 aliphatic heterocycles. The second-order valence-electron chi connectivity index (χ2n) is 4.32. The zero-order chi connectivity index (χ0) is 12.4. The van der Waals surface area contributed by atoms with Crippen molar-refractivity contribution in [2.24, 2.45) is 5.73 Å². The van der Waals surface area contributed by atoms with Crippen molar-refractivity contribution in [3.8, 4) is 0 Å². The Morgan fingerprint density at radius 1 is 1.47 bits per heavy atom. The first-order valence-corrected chi connectivity index (χ1v) is 6.32. The van der Waals surface area contributed by atoms with Crippen molar-refractivity contribution in [2.45, 2.75) is 19.4 Å². The van der Waals surface area contributed by atoms with Crippen molar-refractivity contribution in [1.29, 1.82) is 0 Å². The Morgan fingerprint density at radius 2 is 2.18 bits per heavy atom. The molecule has 0 fully saturated rings. The van der Waals surface area contributed by atoms with Crippen molar-refractivity contribution in [1.82, 2.24) is 4.98 Å². The molecule has 0 radical (unpaired) electrons. The zero-order valence-corrected chi connectivity index (χ0v) is 11.4. The quantitative estimate of drug-likeness (QED) is 0.869. The Kier molecular flexibility index (Phi) is 3.60. The normalized spacial score (nSPS) is 12.6. The first-order valence-electron chi connectivity index (χ1n) is 5.53. The van der Waals surface area contributed by atoms with E-state index < -0.39 is 0 Å². The third-order valence-corrected chi connectivity index (χ3v) is 3.26. The van der Waals surface area contributed by atoms with Crippen LogP contribution < -0.4 is 5.73 Å². The van der Waals surface area contributed by atoms with Crippen molar-refractivity contribution in [2.75, 3.05) is 0 Å². The number of para-hydroxylation sites is 1. The Labute approximate surface area is 110 Å². The topological polar surface area (TPSA) is 38.9 Å². The number of fused-ring (bicyclic) bond motifs is 1. The SMILES string of the molecule is C=C(C)CC(N)c1nc2ccccc2cc1Br.